The number of carbonyl (C=O) groups excluding carboxylic acids is 2. The third-order valence-electron chi connectivity index (χ3n) is 4.02. The van der Waals surface area contributed by atoms with Crippen LogP contribution in [0.4, 0.5) is 24.5 Å². The average molecular weight is 379 g/mol. The van der Waals surface area contributed by atoms with Gasteiger partial charge in [0.25, 0.3) is 0 Å². The van der Waals surface area contributed by atoms with E-state index in [1.54, 1.807) is 6.07 Å². The maximum absolute atomic E-state index is 13.6. The number of amides is 2. The third kappa shape index (κ3) is 5.30. The lowest BCUT2D eigenvalue weighted by Gasteiger charge is -2.17. The van der Waals surface area contributed by atoms with Crippen LogP contribution in [0.25, 0.3) is 0 Å². The number of aryl methyl sites for hydroxylation is 1. The molecule has 144 valence electrons. The van der Waals surface area contributed by atoms with Crippen molar-refractivity contribution in [2.45, 2.75) is 13.8 Å². The van der Waals surface area contributed by atoms with E-state index in [1.807, 2.05) is 26.0 Å². The molecule has 2 aromatic rings. The molecule has 0 bridgehead atoms. The lowest BCUT2D eigenvalue weighted by molar-refractivity contribution is -0.119. The highest BCUT2D eigenvalue weighted by molar-refractivity contribution is 5.95. The molecule has 0 aliphatic rings. The number of carbonyl (C=O) groups is 2. The van der Waals surface area contributed by atoms with Gasteiger partial charge in [0.1, 0.15) is 0 Å². The molecule has 0 fully saturated rings. The Balaban J connectivity index is 1.90. The van der Waals surface area contributed by atoms with E-state index in [-0.39, 0.29) is 19.0 Å². The fraction of sp³-hybridized carbons (Fsp3) is 0.263. The number of nitrogens with one attached hydrogen (secondary N) is 2. The fourth-order valence-electron chi connectivity index (χ4n) is 2.43. The Labute approximate surface area is 155 Å². The fourth-order valence-corrected chi connectivity index (χ4v) is 2.43. The van der Waals surface area contributed by atoms with Gasteiger partial charge in [-0.15, -0.1) is 0 Å². The second-order valence-corrected chi connectivity index (χ2v) is 6.24. The van der Waals surface area contributed by atoms with Crippen molar-refractivity contribution >= 4 is 23.2 Å². The minimum Gasteiger partial charge on any atom is -0.325 e. The summed E-state index contributed by atoms with van der Waals surface area (Å²) in [6.07, 6.45) is 0. The molecule has 0 aliphatic carbocycles. The van der Waals surface area contributed by atoms with Crippen LogP contribution in [0.15, 0.2) is 30.3 Å². The zero-order valence-electron chi connectivity index (χ0n) is 15.2. The highest BCUT2D eigenvalue weighted by Gasteiger charge is 2.17. The average Bonchev–Trinajstić information content (AvgIpc) is 2.59. The predicted molar refractivity (Wildman–Crippen MR) is 97.0 cm³/mol. The van der Waals surface area contributed by atoms with E-state index < -0.39 is 29.0 Å². The molecule has 2 N–H and O–H groups in total. The Morgan fingerprint density at radius 2 is 1.48 bits per heavy atom. The number of benzene rings is 2. The molecule has 2 rings (SSSR count). The van der Waals surface area contributed by atoms with E-state index in [1.165, 1.54) is 11.9 Å². The molecule has 0 aromatic heterocycles. The number of nitrogens with zero attached hydrogens (tertiary/aromatic N) is 1. The topological polar surface area (TPSA) is 61.4 Å². The van der Waals surface area contributed by atoms with Gasteiger partial charge in [0.2, 0.25) is 11.8 Å². The molecule has 2 aromatic carbocycles. The number of rotatable bonds is 6. The first-order valence-electron chi connectivity index (χ1n) is 8.17. The number of anilines is 2. The highest BCUT2D eigenvalue weighted by atomic mass is 19.2. The van der Waals surface area contributed by atoms with Crippen LogP contribution >= 0.6 is 0 Å². The molecule has 27 heavy (non-hydrogen) atoms. The summed E-state index contributed by atoms with van der Waals surface area (Å²) >= 11 is 0. The molecule has 0 heterocycles. The van der Waals surface area contributed by atoms with E-state index in [0.717, 1.165) is 23.3 Å². The zero-order chi connectivity index (χ0) is 20.1. The summed E-state index contributed by atoms with van der Waals surface area (Å²) < 4.78 is 39.7. The maximum atomic E-state index is 13.6. The van der Waals surface area contributed by atoms with Crippen molar-refractivity contribution in [1.29, 1.82) is 0 Å². The molecule has 0 saturated heterocycles. The number of likely N-dealkylation sites (N-methyl/N-ethyl adjacent to an activating group) is 1. The van der Waals surface area contributed by atoms with Crippen molar-refractivity contribution in [1.82, 2.24) is 4.90 Å². The summed E-state index contributed by atoms with van der Waals surface area (Å²) in [5, 5.41) is 4.92. The summed E-state index contributed by atoms with van der Waals surface area (Å²) in [4.78, 5) is 25.5. The lowest BCUT2D eigenvalue weighted by Crippen LogP contribution is -2.36. The summed E-state index contributed by atoms with van der Waals surface area (Å²) in [7, 11) is 1.53. The summed E-state index contributed by atoms with van der Waals surface area (Å²) in [5.74, 6) is -5.46. The first-order valence-corrected chi connectivity index (χ1v) is 8.17. The number of hydrogen-bond acceptors (Lipinski definition) is 3. The predicted octanol–water partition coefficient (Wildman–Crippen LogP) is 3.23. The van der Waals surface area contributed by atoms with Crippen LogP contribution in [0.1, 0.15) is 11.1 Å². The Kier molecular flexibility index (Phi) is 6.57. The molecule has 0 saturated carbocycles. The molecule has 5 nitrogen and oxygen atoms in total. The van der Waals surface area contributed by atoms with Crippen LogP contribution in [-0.2, 0) is 9.59 Å². The summed E-state index contributed by atoms with van der Waals surface area (Å²) in [6, 6.07) is 7.18. The van der Waals surface area contributed by atoms with Gasteiger partial charge < -0.3 is 10.6 Å². The van der Waals surface area contributed by atoms with Gasteiger partial charge in [-0.3, -0.25) is 14.5 Å². The van der Waals surface area contributed by atoms with Crippen molar-refractivity contribution in [3.63, 3.8) is 0 Å². The van der Waals surface area contributed by atoms with Crippen molar-refractivity contribution in [2.24, 2.45) is 0 Å². The van der Waals surface area contributed by atoms with E-state index in [4.69, 9.17) is 0 Å². The largest absolute Gasteiger partial charge is 0.325 e. The molecule has 2 amide bonds. The number of hydrogen-bond donors (Lipinski definition) is 2. The van der Waals surface area contributed by atoms with Crippen LogP contribution in [0.2, 0.25) is 0 Å². The minimum absolute atomic E-state index is 0.0823. The van der Waals surface area contributed by atoms with Crippen molar-refractivity contribution in [3.05, 3.63) is 58.9 Å². The van der Waals surface area contributed by atoms with Gasteiger partial charge in [-0.1, -0.05) is 12.1 Å². The molecular formula is C19H20F3N3O2. The Morgan fingerprint density at radius 3 is 2.11 bits per heavy atom. The normalized spacial score (nSPS) is 10.8. The molecular weight excluding hydrogens is 359 g/mol. The van der Waals surface area contributed by atoms with Crippen LogP contribution < -0.4 is 10.6 Å². The van der Waals surface area contributed by atoms with E-state index >= 15 is 0 Å². The zero-order valence-corrected chi connectivity index (χ0v) is 15.2. The van der Waals surface area contributed by atoms with E-state index in [2.05, 4.69) is 10.6 Å². The standard InChI is InChI=1S/C19H20F3N3O2/c1-11-5-4-6-14(12(11)2)23-16(26)9-25(3)10-17(27)24-15-8-7-13(20)18(21)19(15)22/h4-8H,9-10H2,1-3H3,(H,23,26)(H,24,27). The van der Waals surface area contributed by atoms with Gasteiger partial charge >= 0.3 is 0 Å². The quantitative estimate of drug-likeness (QED) is 0.758. The van der Waals surface area contributed by atoms with Crippen molar-refractivity contribution in [2.75, 3.05) is 30.8 Å². The molecule has 0 atom stereocenters. The molecule has 0 aliphatic heterocycles. The first-order chi connectivity index (χ1) is 12.7. The molecule has 0 unspecified atom stereocenters. The van der Waals surface area contributed by atoms with Gasteiger partial charge in [-0.25, -0.2) is 13.2 Å². The van der Waals surface area contributed by atoms with Gasteiger partial charge in [0.05, 0.1) is 18.8 Å². The van der Waals surface area contributed by atoms with Gasteiger partial charge in [-0.05, 0) is 50.2 Å². The van der Waals surface area contributed by atoms with Gasteiger partial charge in [0, 0.05) is 5.69 Å². The van der Waals surface area contributed by atoms with Crippen LogP contribution in [0, 0.1) is 31.3 Å². The van der Waals surface area contributed by atoms with Crippen molar-refractivity contribution < 1.29 is 22.8 Å². The summed E-state index contributed by atoms with van der Waals surface area (Å²) in [6.45, 7) is 3.50. The Hall–Kier alpha value is -2.87. The third-order valence-corrected chi connectivity index (χ3v) is 4.02. The van der Waals surface area contributed by atoms with E-state index in [0.29, 0.717) is 5.69 Å². The van der Waals surface area contributed by atoms with Crippen LogP contribution in [-0.4, -0.2) is 36.9 Å². The summed E-state index contributed by atoms with van der Waals surface area (Å²) in [5.41, 5.74) is 2.20. The molecule has 0 spiro atoms. The SMILES string of the molecule is Cc1cccc(NC(=O)CN(C)CC(=O)Nc2ccc(F)c(F)c2F)c1C. The molecule has 8 heteroatoms. The Bertz CT molecular complexity index is 872. The highest BCUT2D eigenvalue weighted by Crippen LogP contribution is 2.20. The van der Waals surface area contributed by atoms with Crippen LogP contribution in [0.3, 0.4) is 0 Å². The minimum atomic E-state index is -1.66. The molecule has 0 radical (unpaired) electrons. The van der Waals surface area contributed by atoms with E-state index in [9.17, 15) is 22.8 Å². The lowest BCUT2D eigenvalue weighted by atomic mass is 10.1. The van der Waals surface area contributed by atoms with Crippen LogP contribution in [0.5, 0.6) is 0 Å². The number of halogens is 3. The maximum Gasteiger partial charge on any atom is 0.238 e. The van der Waals surface area contributed by atoms with Crippen molar-refractivity contribution in [3.8, 4) is 0 Å². The second-order valence-electron chi connectivity index (χ2n) is 6.24. The first kappa shape index (κ1) is 20.4. The van der Waals surface area contributed by atoms with Gasteiger partial charge in [0.15, 0.2) is 17.5 Å². The second kappa shape index (κ2) is 8.68. The van der Waals surface area contributed by atoms with Gasteiger partial charge in [-0.2, -0.15) is 0 Å². The monoisotopic (exact) mass is 379 g/mol. The smallest absolute Gasteiger partial charge is 0.238 e. The Morgan fingerprint density at radius 1 is 0.889 bits per heavy atom.